The lowest BCUT2D eigenvalue weighted by Crippen LogP contribution is -2.08. The molecule has 2 heterocycles. The second-order valence-electron chi connectivity index (χ2n) is 16.8. The Hall–Kier alpha value is -7.36. The normalized spacial score (nSPS) is 11.9. The number of benzene rings is 8. The van der Waals surface area contributed by atoms with E-state index in [1.54, 1.807) is 12.1 Å². The Morgan fingerprint density at radius 1 is 0.435 bits per heavy atom. The number of hydrogen-bond donors (Lipinski definition) is 0. The summed E-state index contributed by atoms with van der Waals surface area (Å²) in [4.78, 5) is 0. The molecule has 10 aromatic rings. The van der Waals surface area contributed by atoms with E-state index in [1.807, 2.05) is 48.5 Å². The van der Waals surface area contributed by atoms with Gasteiger partial charge in [-0.15, -0.1) is 0 Å². The number of aromatic nitrogens is 2. The van der Waals surface area contributed by atoms with E-state index in [1.165, 1.54) is 50.6 Å². The first-order valence-corrected chi connectivity index (χ1v) is 20.8. The number of aryl methyl sites for hydroxylation is 6. The first-order valence-electron chi connectivity index (χ1n) is 20.8. The first-order chi connectivity index (χ1) is 29.8. The number of halogens is 3. The molecule has 0 saturated heterocycles. The largest absolute Gasteiger partial charge is 0.416 e. The summed E-state index contributed by atoms with van der Waals surface area (Å²) in [6, 6.07) is 49.5. The molecule has 0 saturated carbocycles. The van der Waals surface area contributed by atoms with Crippen LogP contribution in [0.4, 0.5) is 13.2 Å². The maximum absolute atomic E-state index is 14.9. The molecule has 0 aliphatic heterocycles. The zero-order valence-electron chi connectivity index (χ0n) is 35.3. The Morgan fingerprint density at radius 3 is 1.39 bits per heavy atom. The Kier molecular flexibility index (Phi) is 9.01. The fraction of sp³-hybridized carbons (Fsp3) is 0.125. The molecule has 302 valence electrons. The maximum Gasteiger partial charge on any atom is 0.416 e. The van der Waals surface area contributed by atoms with E-state index in [2.05, 4.69) is 130 Å². The van der Waals surface area contributed by atoms with Gasteiger partial charge in [0.05, 0.1) is 50.6 Å². The van der Waals surface area contributed by atoms with Crippen LogP contribution in [0.2, 0.25) is 0 Å². The molecule has 0 radical (unpaired) electrons. The van der Waals surface area contributed by atoms with Crippen molar-refractivity contribution >= 4 is 43.6 Å². The topological polar surface area (TPSA) is 33.6 Å². The van der Waals surface area contributed by atoms with E-state index in [9.17, 15) is 18.4 Å². The zero-order chi connectivity index (χ0) is 43.2. The number of rotatable bonds is 5. The van der Waals surface area contributed by atoms with Crippen LogP contribution in [0.25, 0.3) is 88.4 Å². The lowest BCUT2D eigenvalue weighted by Gasteiger charge is -2.21. The minimum atomic E-state index is -4.63. The molecule has 6 heteroatoms. The zero-order valence-corrected chi connectivity index (χ0v) is 35.3. The predicted molar refractivity (Wildman–Crippen MR) is 250 cm³/mol. The summed E-state index contributed by atoms with van der Waals surface area (Å²) in [5.74, 6) is 0. The number of alkyl halides is 3. The standard InChI is InChI=1S/C56H42F3N3/c1-32-24-34(3)53(35(4)25-32)38-18-21-49-44(28-38)42-13-7-9-15-47(42)61(49)51-23-20-41(56(57,58)59)30-46(51)55-40(31-60)12-11-17-52(55)62-48-16-10-8-14-43(48)45-29-39(19-22-50(45)62)54-36(5)26-33(2)27-37(54)6/h7-30H,1-6H3. The second-order valence-corrected chi connectivity index (χ2v) is 16.8. The molecule has 0 aliphatic carbocycles. The van der Waals surface area contributed by atoms with Crippen LogP contribution in [0.3, 0.4) is 0 Å². The maximum atomic E-state index is 14.9. The van der Waals surface area contributed by atoms with Crippen LogP contribution in [0.5, 0.6) is 0 Å². The Bertz CT molecular complexity index is 3490. The molecule has 62 heavy (non-hydrogen) atoms. The molecule has 3 nitrogen and oxygen atoms in total. The monoisotopic (exact) mass is 813 g/mol. The van der Waals surface area contributed by atoms with Crippen molar-refractivity contribution in [2.45, 2.75) is 47.7 Å². The number of para-hydroxylation sites is 2. The Morgan fingerprint density at radius 2 is 0.903 bits per heavy atom. The van der Waals surface area contributed by atoms with Crippen LogP contribution in [0.1, 0.15) is 44.5 Å². The Labute approximate surface area is 358 Å². The summed E-state index contributed by atoms with van der Waals surface area (Å²) in [5.41, 5.74) is 16.5. The lowest BCUT2D eigenvalue weighted by atomic mass is 9.93. The number of fused-ring (bicyclic) bond motifs is 6. The number of nitriles is 1. The average molecular weight is 814 g/mol. The van der Waals surface area contributed by atoms with Crippen LogP contribution >= 0.6 is 0 Å². The van der Waals surface area contributed by atoms with Gasteiger partial charge in [-0.25, -0.2) is 0 Å². The van der Waals surface area contributed by atoms with E-state index in [0.29, 0.717) is 22.5 Å². The highest BCUT2D eigenvalue weighted by Gasteiger charge is 2.33. The van der Waals surface area contributed by atoms with Crippen molar-refractivity contribution in [3.8, 4) is 50.8 Å². The predicted octanol–water partition coefficient (Wildman–Crippen LogP) is 15.6. The summed E-state index contributed by atoms with van der Waals surface area (Å²) in [7, 11) is 0. The summed E-state index contributed by atoms with van der Waals surface area (Å²) in [6.07, 6.45) is -4.63. The highest BCUT2D eigenvalue weighted by atomic mass is 19.4. The summed E-state index contributed by atoms with van der Waals surface area (Å²) in [6.45, 7) is 12.7. The van der Waals surface area contributed by atoms with Gasteiger partial charge in [0.25, 0.3) is 0 Å². The third-order valence-electron chi connectivity index (χ3n) is 12.5. The lowest BCUT2D eigenvalue weighted by molar-refractivity contribution is -0.137. The highest BCUT2D eigenvalue weighted by Crippen LogP contribution is 2.45. The summed E-state index contributed by atoms with van der Waals surface area (Å²) in [5, 5.41) is 14.8. The molecule has 0 fully saturated rings. The quantitative estimate of drug-likeness (QED) is 0.170. The van der Waals surface area contributed by atoms with Gasteiger partial charge >= 0.3 is 6.18 Å². The number of nitrogens with zero attached hydrogens (tertiary/aromatic N) is 3. The van der Waals surface area contributed by atoms with Gasteiger partial charge in [-0.05, 0) is 153 Å². The Balaban J connectivity index is 1.27. The average Bonchev–Trinajstić information content (AvgIpc) is 3.74. The second kappa shape index (κ2) is 14.4. The van der Waals surface area contributed by atoms with E-state index < -0.39 is 11.7 Å². The fourth-order valence-electron chi connectivity index (χ4n) is 10.3. The molecule has 0 unspecified atom stereocenters. The van der Waals surface area contributed by atoms with Gasteiger partial charge < -0.3 is 9.13 Å². The third-order valence-corrected chi connectivity index (χ3v) is 12.5. The van der Waals surface area contributed by atoms with E-state index in [0.717, 1.165) is 60.8 Å². The van der Waals surface area contributed by atoms with Gasteiger partial charge in [0.1, 0.15) is 0 Å². The van der Waals surface area contributed by atoms with Gasteiger partial charge in [-0.3, -0.25) is 0 Å². The molecule has 10 rings (SSSR count). The van der Waals surface area contributed by atoms with Crippen LogP contribution < -0.4 is 0 Å². The van der Waals surface area contributed by atoms with Crippen molar-refractivity contribution in [3.05, 3.63) is 190 Å². The van der Waals surface area contributed by atoms with Crippen LogP contribution in [0.15, 0.2) is 146 Å². The van der Waals surface area contributed by atoms with Crippen molar-refractivity contribution in [3.63, 3.8) is 0 Å². The highest BCUT2D eigenvalue weighted by molar-refractivity contribution is 6.13. The van der Waals surface area contributed by atoms with Crippen molar-refractivity contribution in [2.75, 3.05) is 0 Å². The minimum Gasteiger partial charge on any atom is -0.309 e. The molecule has 0 aliphatic rings. The van der Waals surface area contributed by atoms with Gasteiger partial charge in [-0.2, -0.15) is 18.4 Å². The van der Waals surface area contributed by atoms with Gasteiger partial charge in [0.15, 0.2) is 0 Å². The molecule has 0 spiro atoms. The SMILES string of the molecule is Cc1cc(C)c(-c2ccc3c(c2)c2ccccc2n3-c2ccc(C(F)(F)F)cc2-c2c(C#N)cccc2-n2c3ccccc3c3cc(-c4c(C)cc(C)cc4C)ccc32)c(C)c1. The smallest absolute Gasteiger partial charge is 0.309 e. The van der Waals surface area contributed by atoms with Crippen molar-refractivity contribution < 1.29 is 13.2 Å². The summed E-state index contributed by atoms with van der Waals surface area (Å²) >= 11 is 0. The van der Waals surface area contributed by atoms with E-state index >= 15 is 0 Å². The minimum absolute atomic E-state index is 0.268. The van der Waals surface area contributed by atoms with Crippen LogP contribution in [0, 0.1) is 52.9 Å². The van der Waals surface area contributed by atoms with Gasteiger partial charge in [0, 0.05) is 32.7 Å². The molecule has 8 aromatic carbocycles. The third kappa shape index (κ3) is 6.10. The van der Waals surface area contributed by atoms with Crippen LogP contribution in [-0.4, -0.2) is 9.13 Å². The van der Waals surface area contributed by atoms with Gasteiger partial charge in [0.2, 0.25) is 0 Å². The molecule has 0 bridgehead atoms. The molecule has 2 aromatic heterocycles. The summed E-state index contributed by atoms with van der Waals surface area (Å²) < 4.78 is 48.9. The first kappa shape index (κ1) is 38.8. The van der Waals surface area contributed by atoms with Crippen molar-refractivity contribution in [1.29, 1.82) is 5.26 Å². The van der Waals surface area contributed by atoms with Crippen molar-refractivity contribution in [2.24, 2.45) is 0 Å². The molecule has 0 amide bonds. The molecule has 0 atom stereocenters. The van der Waals surface area contributed by atoms with Crippen molar-refractivity contribution in [1.82, 2.24) is 9.13 Å². The molecular formula is C56H42F3N3. The number of hydrogen-bond acceptors (Lipinski definition) is 1. The van der Waals surface area contributed by atoms with E-state index in [4.69, 9.17) is 0 Å². The van der Waals surface area contributed by atoms with E-state index in [-0.39, 0.29) is 5.56 Å². The van der Waals surface area contributed by atoms with Crippen LogP contribution in [-0.2, 0) is 6.18 Å². The fourth-order valence-corrected chi connectivity index (χ4v) is 10.3. The molecule has 0 N–H and O–H groups in total. The molecular weight excluding hydrogens is 772 g/mol. The van der Waals surface area contributed by atoms with Gasteiger partial charge in [-0.1, -0.05) is 90.0 Å².